The van der Waals surface area contributed by atoms with Crippen LogP contribution in [0.4, 0.5) is 0 Å². The summed E-state index contributed by atoms with van der Waals surface area (Å²) < 4.78 is 0. The molecule has 3 N–H and O–H groups in total. The maximum absolute atomic E-state index is 5.67. The fraction of sp³-hybridized carbons (Fsp3) is 1.00. The van der Waals surface area contributed by atoms with Gasteiger partial charge in [-0.3, -0.25) is 0 Å². The first-order chi connectivity index (χ1) is 7.12. The predicted molar refractivity (Wildman–Crippen MR) is 69.1 cm³/mol. The summed E-state index contributed by atoms with van der Waals surface area (Å²) >= 11 is 0. The molecule has 0 rings (SSSR count). The minimum atomic E-state index is 0.301. The minimum absolute atomic E-state index is 0.301. The first-order valence-electron chi connectivity index (χ1n) is 6.53. The van der Waals surface area contributed by atoms with Crippen LogP contribution in [0.3, 0.4) is 0 Å². The molecular formula is C13H30N2. The van der Waals surface area contributed by atoms with Crippen LogP contribution in [0, 0.1) is 5.41 Å². The van der Waals surface area contributed by atoms with Gasteiger partial charge < -0.3 is 11.1 Å². The highest BCUT2D eigenvalue weighted by atomic mass is 14.8. The Labute approximate surface area is 96.0 Å². The van der Waals surface area contributed by atoms with Gasteiger partial charge in [-0.1, -0.05) is 46.5 Å². The zero-order chi connectivity index (χ0) is 11.6. The van der Waals surface area contributed by atoms with Crippen LogP contribution in [-0.4, -0.2) is 19.6 Å². The van der Waals surface area contributed by atoms with Crippen LogP contribution in [0.5, 0.6) is 0 Å². The fourth-order valence-corrected chi connectivity index (χ4v) is 1.51. The average molecular weight is 214 g/mol. The third-order valence-electron chi connectivity index (χ3n) is 2.99. The van der Waals surface area contributed by atoms with Gasteiger partial charge >= 0.3 is 0 Å². The Morgan fingerprint density at radius 3 is 2.27 bits per heavy atom. The summed E-state index contributed by atoms with van der Waals surface area (Å²) in [7, 11) is 0. The predicted octanol–water partition coefficient (Wildman–Crippen LogP) is 2.92. The molecule has 0 aliphatic rings. The van der Waals surface area contributed by atoms with Crippen LogP contribution in [0.2, 0.25) is 0 Å². The van der Waals surface area contributed by atoms with E-state index in [-0.39, 0.29) is 0 Å². The second kappa shape index (κ2) is 9.17. The van der Waals surface area contributed by atoms with Gasteiger partial charge in [-0.05, 0) is 37.9 Å². The van der Waals surface area contributed by atoms with E-state index in [0.717, 1.165) is 13.1 Å². The van der Waals surface area contributed by atoms with Crippen LogP contribution in [0.25, 0.3) is 0 Å². The molecule has 2 nitrogen and oxygen atoms in total. The molecule has 0 saturated carbocycles. The summed E-state index contributed by atoms with van der Waals surface area (Å²) in [5, 5.41) is 3.50. The van der Waals surface area contributed by atoms with E-state index in [1.165, 1.54) is 45.1 Å². The number of rotatable bonds is 10. The van der Waals surface area contributed by atoms with Gasteiger partial charge in [0, 0.05) is 0 Å². The molecule has 0 bridgehead atoms. The summed E-state index contributed by atoms with van der Waals surface area (Å²) in [6.45, 7) is 9.78. The Morgan fingerprint density at radius 2 is 1.67 bits per heavy atom. The fourth-order valence-electron chi connectivity index (χ4n) is 1.51. The third kappa shape index (κ3) is 10.2. The smallest absolute Gasteiger partial charge is 0.00253 e. The third-order valence-corrected chi connectivity index (χ3v) is 2.99. The highest BCUT2D eigenvalue weighted by Crippen LogP contribution is 2.16. The normalized spacial score (nSPS) is 12.0. The maximum atomic E-state index is 5.67. The lowest BCUT2D eigenvalue weighted by atomic mass is 9.90. The summed E-state index contributed by atoms with van der Waals surface area (Å²) in [4.78, 5) is 0. The number of hydrogen-bond acceptors (Lipinski definition) is 2. The molecule has 0 fully saturated rings. The topological polar surface area (TPSA) is 38.0 Å². The molecule has 0 radical (unpaired) electrons. The molecule has 0 spiro atoms. The van der Waals surface area contributed by atoms with E-state index in [1.807, 2.05) is 0 Å². The monoisotopic (exact) mass is 214 g/mol. The van der Waals surface area contributed by atoms with Crippen molar-refractivity contribution in [2.24, 2.45) is 11.1 Å². The summed E-state index contributed by atoms with van der Waals surface area (Å²) in [5.41, 5.74) is 5.98. The Morgan fingerprint density at radius 1 is 1.00 bits per heavy atom. The van der Waals surface area contributed by atoms with Crippen molar-refractivity contribution in [3.05, 3.63) is 0 Å². The molecule has 0 unspecified atom stereocenters. The second-order valence-corrected chi connectivity index (χ2v) is 5.28. The number of unbranched alkanes of at least 4 members (excludes halogenated alkanes) is 4. The Hall–Kier alpha value is -0.0800. The van der Waals surface area contributed by atoms with Gasteiger partial charge in [-0.15, -0.1) is 0 Å². The summed E-state index contributed by atoms with van der Waals surface area (Å²) in [5.74, 6) is 0. The van der Waals surface area contributed by atoms with Gasteiger partial charge in [0.25, 0.3) is 0 Å². The van der Waals surface area contributed by atoms with Crippen molar-refractivity contribution < 1.29 is 0 Å². The van der Waals surface area contributed by atoms with Crippen LogP contribution in [0.15, 0.2) is 0 Å². The van der Waals surface area contributed by atoms with E-state index in [1.54, 1.807) is 0 Å². The SMILES string of the molecule is CCCCCCCNCCC(C)(C)CN. The van der Waals surface area contributed by atoms with Gasteiger partial charge in [0.15, 0.2) is 0 Å². The Balaban J connectivity index is 3.11. The van der Waals surface area contributed by atoms with E-state index < -0.39 is 0 Å². The van der Waals surface area contributed by atoms with E-state index >= 15 is 0 Å². The molecule has 15 heavy (non-hydrogen) atoms. The summed E-state index contributed by atoms with van der Waals surface area (Å²) in [6.07, 6.45) is 7.99. The number of nitrogens with two attached hydrogens (primary N) is 1. The average Bonchev–Trinajstić information content (AvgIpc) is 2.22. The van der Waals surface area contributed by atoms with Gasteiger partial charge in [0.2, 0.25) is 0 Å². The number of hydrogen-bond donors (Lipinski definition) is 2. The second-order valence-electron chi connectivity index (χ2n) is 5.28. The lowest BCUT2D eigenvalue weighted by molar-refractivity contribution is 0.339. The van der Waals surface area contributed by atoms with Crippen LogP contribution in [-0.2, 0) is 0 Å². The zero-order valence-corrected chi connectivity index (χ0v) is 10.9. The van der Waals surface area contributed by atoms with E-state index in [0.29, 0.717) is 5.41 Å². The molecule has 2 heteroatoms. The van der Waals surface area contributed by atoms with Crippen molar-refractivity contribution in [2.75, 3.05) is 19.6 Å². The van der Waals surface area contributed by atoms with E-state index in [2.05, 4.69) is 26.1 Å². The van der Waals surface area contributed by atoms with Gasteiger partial charge in [0.1, 0.15) is 0 Å². The Bertz CT molecular complexity index is 132. The maximum Gasteiger partial charge on any atom is -0.00253 e. The first-order valence-corrected chi connectivity index (χ1v) is 6.53. The first kappa shape index (κ1) is 14.9. The molecule has 0 aromatic heterocycles. The van der Waals surface area contributed by atoms with Crippen molar-refractivity contribution in [2.45, 2.75) is 59.3 Å². The molecule has 0 amide bonds. The van der Waals surface area contributed by atoms with Gasteiger partial charge in [0.05, 0.1) is 0 Å². The van der Waals surface area contributed by atoms with Crippen molar-refractivity contribution in [1.29, 1.82) is 0 Å². The quantitative estimate of drug-likeness (QED) is 0.549. The molecule has 0 aliphatic carbocycles. The molecule has 0 atom stereocenters. The lowest BCUT2D eigenvalue weighted by Crippen LogP contribution is -2.29. The van der Waals surface area contributed by atoms with Crippen LogP contribution < -0.4 is 11.1 Å². The molecule has 0 saturated heterocycles. The van der Waals surface area contributed by atoms with Crippen molar-refractivity contribution in [3.63, 3.8) is 0 Å². The highest BCUT2D eigenvalue weighted by molar-refractivity contribution is 4.70. The molecule has 0 heterocycles. The zero-order valence-electron chi connectivity index (χ0n) is 10.9. The highest BCUT2D eigenvalue weighted by Gasteiger charge is 2.13. The molecule has 0 aliphatic heterocycles. The summed E-state index contributed by atoms with van der Waals surface area (Å²) in [6, 6.07) is 0. The largest absolute Gasteiger partial charge is 0.330 e. The molecule has 92 valence electrons. The van der Waals surface area contributed by atoms with E-state index in [4.69, 9.17) is 5.73 Å². The molecule has 0 aromatic carbocycles. The minimum Gasteiger partial charge on any atom is -0.330 e. The van der Waals surface area contributed by atoms with Gasteiger partial charge in [-0.2, -0.15) is 0 Å². The molecular weight excluding hydrogens is 184 g/mol. The number of nitrogens with one attached hydrogen (secondary N) is 1. The van der Waals surface area contributed by atoms with Gasteiger partial charge in [-0.25, -0.2) is 0 Å². The standard InChI is InChI=1S/C13H30N2/c1-4-5-6-7-8-10-15-11-9-13(2,3)12-14/h15H,4-12,14H2,1-3H3. The van der Waals surface area contributed by atoms with Crippen molar-refractivity contribution >= 4 is 0 Å². The lowest BCUT2D eigenvalue weighted by Gasteiger charge is -2.22. The van der Waals surface area contributed by atoms with Crippen molar-refractivity contribution in [3.8, 4) is 0 Å². The molecule has 0 aromatic rings. The van der Waals surface area contributed by atoms with E-state index in [9.17, 15) is 0 Å². The van der Waals surface area contributed by atoms with Crippen molar-refractivity contribution in [1.82, 2.24) is 5.32 Å². The van der Waals surface area contributed by atoms with Crippen LogP contribution in [0.1, 0.15) is 59.3 Å². The van der Waals surface area contributed by atoms with Crippen LogP contribution >= 0.6 is 0 Å². The Kier molecular flexibility index (Phi) is 9.12.